The van der Waals surface area contributed by atoms with Crippen molar-refractivity contribution in [3.63, 3.8) is 0 Å². The van der Waals surface area contributed by atoms with Crippen LogP contribution in [0.2, 0.25) is 0 Å². The van der Waals surface area contributed by atoms with Gasteiger partial charge in [0.15, 0.2) is 17.5 Å². The van der Waals surface area contributed by atoms with Crippen molar-refractivity contribution in [2.45, 2.75) is 19.4 Å². The van der Waals surface area contributed by atoms with E-state index in [1.165, 1.54) is 25.9 Å². The van der Waals surface area contributed by atoms with Crippen LogP contribution >= 0.6 is 0 Å². The second-order valence-electron chi connectivity index (χ2n) is 6.24. The van der Waals surface area contributed by atoms with Crippen molar-refractivity contribution >= 4 is 5.96 Å². The predicted molar refractivity (Wildman–Crippen MR) is 91.0 cm³/mol. The number of nitrogens with one attached hydrogen (secondary N) is 2. The lowest BCUT2D eigenvalue weighted by molar-refractivity contribution is 0.174. The van der Waals surface area contributed by atoms with Gasteiger partial charge in [-0.05, 0) is 56.6 Å². The van der Waals surface area contributed by atoms with Gasteiger partial charge in [0.05, 0.1) is 0 Å². The summed E-state index contributed by atoms with van der Waals surface area (Å²) in [6.07, 6.45) is 2.51. The largest absolute Gasteiger partial charge is 0.454 e. The van der Waals surface area contributed by atoms with Crippen LogP contribution in [-0.4, -0.2) is 51.4 Å². The van der Waals surface area contributed by atoms with E-state index in [9.17, 15) is 0 Å². The number of piperidine rings is 1. The van der Waals surface area contributed by atoms with Gasteiger partial charge in [-0.3, -0.25) is 4.99 Å². The predicted octanol–water partition coefficient (Wildman–Crippen LogP) is 1.42. The highest BCUT2D eigenvalue weighted by Gasteiger charge is 2.17. The van der Waals surface area contributed by atoms with E-state index >= 15 is 0 Å². The molecule has 2 aliphatic rings. The fraction of sp³-hybridized carbons (Fsp3) is 0.588. The van der Waals surface area contributed by atoms with Crippen molar-refractivity contribution in [2.24, 2.45) is 10.9 Å². The standard InChI is InChI=1S/C17H26N4O2/c1-18-17(19-10-13-5-7-21(2)8-6-13)20-11-14-3-4-15-16(9-14)23-12-22-15/h3-4,9,13H,5-8,10-12H2,1-2H3,(H2,18,19,20). The molecule has 0 radical (unpaired) electrons. The summed E-state index contributed by atoms with van der Waals surface area (Å²) in [5.74, 6) is 3.22. The van der Waals surface area contributed by atoms with Crippen molar-refractivity contribution < 1.29 is 9.47 Å². The normalized spacial score (nSPS) is 19.0. The summed E-state index contributed by atoms with van der Waals surface area (Å²) in [6.45, 7) is 4.38. The molecule has 2 N–H and O–H groups in total. The molecular weight excluding hydrogens is 292 g/mol. The Bertz CT molecular complexity index is 554. The van der Waals surface area contributed by atoms with Crippen LogP contribution in [0, 0.1) is 5.92 Å². The molecule has 0 amide bonds. The van der Waals surface area contributed by atoms with Crippen LogP contribution in [-0.2, 0) is 6.54 Å². The molecule has 23 heavy (non-hydrogen) atoms. The molecule has 3 rings (SSSR count). The molecule has 2 aliphatic heterocycles. The van der Waals surface area contributed by atoms with Crippen LogP contribution in [0.25, 0.3) is 0 Å². The zero-order valence-corrected chi connectivity index (χ0v) is 14.0. The number of ether oxygens (including phenoxy) is 2. The van der Waals surface area contributed by atoms with Gasteiger partial charge in [0.25, 0.3) is 0 Å². The Morgan fingerprint density at radius 3 is 2.78 bits per heavy atom. The zero-order chi connectivity index (χ0) is 16.1. The Labute approximate surface area is 137 Å². The van der Waals surface area contributed by atoms with Gasteiger partial charge in [-0.15, -0.1) is 0 Å². The molecule has 0 unspecified atom stereocenters. The average Bonchev–Trinajstić information content (AvgIpc) is 3.04. The highest BCUT2D eigenvalue weighted by Crippen LogP contribution is 2.32. The van der Waals surface area contributed by atoms with Crippen molar-refractivity contribution in [1.82, 2.24) is 15.5 Å². The molecule has 126 valence electrons. The molecule has 1 fully saturated rings. The maximum atomic E-state index is 5.41. The molecule has 0 bridgehead atoms. The highest BCUT2D eigenvalue weighted by atomic mass is 16.7. The van der Waals surface area contributed by atoms with Gasteiger partial charge in [0.2, 0.25) is 6.79 Å². The number of likely N-dealkylation sites (tertiary alicyclic amines) is 1. The van der Waals surface area contributed by atoms with E-state index in [1.54, 1.807) is 0 Å². The third kappa shape index (κ3) is 4.28. The minimum Gasteiger partial charge on any atom is -0.454 e. The van der Waals surface area contributed by atoms with E-state index in [2.05, 4.69) is 27.6 Å². The molecule has 1 aromatic carbocycles. The van der Waals surface area contributed by atoms with Crippen LogP contribution in [0.3, 0.4) is 0 Å². The first kappa shape index (κ1) is 15.9. The molecule has 1 saturated heterocycles. The summed E-state index contributed by atoms with van der Waals surface area (Å²) < 4.78 is 10.7. The lowest BCUT2D eigenvalue weighted by Gasteiger charge is -2.29. The summed E-state index contributed by atoms with van der Waals surface area (Å²) in [6, 6.07) is 6.01. The quantitative estimate of drug-likeness (QED) is 0.649. The summed E-state index contributed by atoms with van der Waals surface area (Å²) in [7, 11) is 4.00. The first-order valence-corrected chi connectivity index (χ1v) is 8.26. The Morgan fingerprint density at radius 2 is 2.00 bits per heavy atom. The third-order valence-corrected chi connectivity index (χ3v) is 4.52. The van der Waals surface area contributed by atoms with Crippen molar-refractivity contribution in [2.75, 3.05) is 40.5 Å². The maximum Gasteiger partial charge on any atom is 0.231 e. The molecule has 0 saturated carbocycles. The Hall–Kier alpha value is -1.95. The highest BCUT2D eigenvalue weighted by molar-refractivity contribution is 5.79. The first-order chi connectivity index (χ1) is 11.2. The van der Waals surface area contributed by atoms with E-state index in [0.29, 0.717) is 13.3 Å². The minimum atomic E-state index is 0.312. The van der Waals surface area contributed by atoms with Gasteiger partial charge >= 0.3 is 0 Å². The van der Waals surface area contributed by atoms with Gasteiger partial charge in [-0.25, -0.2) is 0 Å². The lowest BCUT2D eigenvalue weighted by atomic mass is 9.97. The maximum absolute atomic E-state index is 5.41. The molecule has 2 heterocycles. The van der Waals surface area contributed by atoms with Crippen LogP contribution in [0.15, 0.2) is 23.2 Å². The molecule has 6 nitrogen and oxygen atoms in total. The van der Waals surface area contributed by atoms with Crippen LogP contribution in [0.4, 0.5) is 0 Å². The SMILES string of the molecule is CN=C(NCc1ccc2c(c1)OCO2)NCC1CCN(C)CC1. The Balaban J connectivity index is 1.44. The number of nitrogens with zero attached hydrogens (tertiary/aromatic N) is 2. The van der Waals surface area contributed by atoms with Crippen LogP contribution < -0.4 is 20.1 Å². The molecule has 0 spiro atoms. The number of fused-ring (bicyclic) bond motifs is 1. The Morgan fingerprint density at radius 1 is 1.22 bits per heavy atom. The van der Waals surface area contributed by atoms with Crippen molar-refractivity contribution in [3.8, 4) is 11.5 Å². The number of hydrogen-bond acceptors (Lipinski definition) is 4. The molecule has 0 atom stereocenters. The van der Waals surface area contributed by atoms with E-state index in [1.807, 2.05) is 25.2 Å². The number of aliphatic imine (C=N–C) groups is 1. The number of rotatable bonds is 4. The second kappa shape index (κ2) is 7.55. The number of guanidine groups is 1. The number of benzene rings is 1. The summed E-state index contributed by atoms with van der Waals surface area (Å²) in [5.41, 5.74) is 1.15. The second-order valence-corrected chi connectivity index (χ2v) is 6.24. The van der Waals surface area contributed by atoms with Gasteiger partial charge in [-0.2, -0.15) is 0 Å². The van der Waals surface area contributed by atoms with E-state index in [-0.39, 0.29) is 0 Å². The van der Waals surface area contributed by atoms with Crippen LogP contribution in [0.1, 0.15) is 18.4 Å². The molecule has 1 aromatic rings. The molecule has 0 aromatic heterocycles. The first-order valence-electron chi connectivity index (χ1n) is 8.26. The fourth-order valence-electron chi connectivity index (χ4n) is 2.96. The van der Waals surface area contributed by atoms with Crippen molar-refractivity contribution in [1.29, 1.82) is 0 Å². The van der Waals surface area contributed by atoms with E-state index in [0.717, 1.165) is 35.5 Å². The topological polar surface area (TPSA) is 58.1 Å². The summed E-state index contributed by atoms with van der Waals surface area (Å²) in [5, 5.41) is 6.80. The van der Waals surface area contributed by atoms with E-state index in [4.69, 9.17) is 9.47 Å². The fourth-order valence-corrected chi connectivity index (χ4v) is 2.96. The van der Waals surface area contributed by atoms with Gasteiger partial charge < -0.3 is 25.0 Å². The van der Waals surface area contributed by atoms with E-state index < -0.39 is 0 Å². The average molecular weight is 318 g/mol. The summed E-state index contributed by atoms with van der Waals surface area (Å²) >= 11 is 0. The minimum absolute atomic E-state index is 0.312. The number of hydrogen-bond donors (Lipinski definition) is 2. The third-order valence-electron chi connectivity index (χ3n) is 4.52. The molecule has 0 aliphatic carbocycles. The molecule has 6 heteroatoms. The lowest BCUT2D eigenvalue weighted by Crippen LogP contribution is -2.41. The Kier molecular flexibility index (Phi) is 5.23. The van der Waals surface area contributed by atoms with Gasteiger partial charge in [-0.1, -0.05) is 6.07 Å². The van der Waals surface area contributed by atoms with Crippen molar-refractivity contribution in [3.05, 3.63) is 23.8 Å². The smallest absolute Gasteiger partial charge is 0.231 e. The van der Waals surface area contributed by atoms with Gasteiger partial charge in [0.1, 0.15) is 0 Å². The van der Waals surface area contributed by atoms with Crippen LogP contribution in [0.5, 0.6) is 11.5 Å². The zero-order valence-electron chi connectivity index (χ0n) is 14.0. The monoisotopic (exact) mass is 318 g/mol. The van der Waals surface area contributed by atoms with Gasteiger partial charge in [0, 0.05) is 20.1 Å². The molecular formula is C17H26N4O2. The summed E-state index contributed by atoms with van der Waals surface area (Å²) in [4.78, 5) is 6.70.